The maximum absolute atomic E-state index is 12.5. The van der Waals surface area contributed by atoms with Crippen molar-refractivity contribution >= 4 is 35.0 Å². The highest BCUT2D eigenvalue weighted by molar-refractivity contribution is 7.99. The fraction of sp³-hybridized carbons (Fsp3) is 0.333. The van der Waals surface area contributed by atoms with Crippen LogP contribution < -0.4 is 5.43 Å². The lowest BCUT2D eigenvalue weighted by Crippen LogP contribution is -2.22. The third-order valence-electron chi connectivity index (χ3n) is 5.68. The molecule has 0 radical (unpaired) electrons. The summed E-state index contributed by atoms with van der Waals surface area (Å²) in [6, 6.07) is 14.8. The summed E-state index contributed by atoms with van der Waals surface area (Å²) < 4.78 is 2.18. The van der Waals surface area contributed by atoms with E-state index in [1.54, 1.807) is 25.1 Å². The van der Waals surface area contributed by atoms with Gasteiger partial charge in [0.1, 0.15) is 5.75 Å². The zero-order valence-electron chi connectivity index (χ0n) is 18.4. The van der Waals surface area contributed by atoms with Crippen LogP contribution in [0.1, 0.15) is 50.6 Å². The van der Waals surface area contributed by atoms with Crippen molar-refractivity contribution in [1.82, 2.24) is 20.2 Å². The first-order valence-electron chi connectivity index (χ1n) is 11.0. The van der Waals surface area contributed by atoms with Gasteiger partial charge in [0.05, 0.1) is 11.5 Å². The molecule has 172 valence electrons. The lowest BCUT2D eigenvalue weighted by atomic mass is 9.95. The lowest BCUT2D eigenvalue weighted by Gasteiger charge is -2.25. The monoisotopic (exact) mass is 483 g/mol. The fourth-order valence-corrected chi connectivity index (χ4v) is 4.91. The van der Waals surface area contributed by atoms with Gasteiger partial charge in [0.25, 0.3) is 5.91 Å². The summed E-state index contributed by atoms with van der Waals surface area (Å²) in [5, 5.41) is 24.3. The largest absolute Gasteiger partial charge is 0.507 e. The maximum Gasteiger partial charge on any atom is 0.250 e. The number of hydrogen-bond donors (Lipinski definition) is 2. The van der Waals surface area contributed by atoms with E-state index in [0.717, 1.165) is 29.4 Å². The number of nitrogens with one attached hydrogen (secondary N) is 1. The quantitative estimate of drug-likeness (QED) is 0.265. The summed E-state index contributed by atoms with van der Waals surface area (Å²) in [4.78, 5) is 12.5. The standard InChI is InChI=1S/C24H26ClN5O2S/c1-16(20-9-5-6-10-21(20)31)26-27-22(32)15-33-24-29-28-23(17-11-13-18(25)14-12-17)30(24)19-7-3-2-4-8-19/h5-6,9-14,19,31H,2-4,7-8,15H2,1H3,(H,27,32)/b26-16-. The second kappa shape index (κ2) is 10.9. The van der Waals surface area contributed by atoms with Gasteiger partial charge < -0.3 is 5.11 Å². The Morgan fingerprint density at radius 2 is 1.88 bits per heavy atom. The number of carbonyl (C=O) groups is 1. The highest BCUT2D eigenvalue weighted by Crippen LogP contribution is 2.35. The Morgan fingerprint density at radius 1 is 1.15 bits per heavy atom. The van der Waals surface area contributed by atoms with Crippen molar-refractivity contribution in [2.45, 2.75) is 50.2 Å². The van der Waals surface area contributed by atoms with Crippen LogP contribution in [0, 0.1) is 0 Å². The molecule has 1 fully saturated rings. The average Bonchev–Trinajstić information content (AvgIpc) is 3.26. The molecule has 0 bridgehead atoms. The van der Waals surface area contributed by atoms with Gasteiger partial charge in [-0.1, -0.05) is 54.8 Å². The Kier molecular flexibility index (Phi) is 7.67. The number of hydrogen-bond acceptors (Lipinski definition) is 6. The molecule has 7 nitrogen and oxygen atoms in total. The van der Waals surface area contributed by atoms with E-state index in [-0.39, 0.29) is 17.4 Å². The minimum Gasteiger partial charge on any atom is -0.507 e. The van der Waals surface area contributed by atoms with Crippen molar-refractivity contribution in [1.29, 1.82) is 0 Å². The molecule has 0 aliphatic heterocycles. The number of thioether (sulfide) groups is 1. The highest BCUT2D eigenvalue weighted by Gasteiger charge is 2.24. The van der Waals surface area contributed by atoms with Crippen molar-refractivity contribution in [2.75, 3.05) is 5.75 Å². The van der Waals surface area contributed by atoms with Gasteiger partial charge in [0.15, 0.2) is 11.0 Å². The van der Waals surface area contributed by atoms with Crippen molar-refractivity contribution < 1.29 is 9.90 Å². The number of carbonyl (C=O) groups excluding carboxylic acids is 1. The molecule has 33 heavy (non-hydrogen) atoms. The van der Waals surface area contributed by atoms with E-state index < -0.39 is 0 Å². The van der Waals surface area contributed by atoms with Crippen molar-refractivity contribution in [3.8, 4) is 17.1 Å². The summed E-state index contributed by atoms with van der Waals surface area (Å²) in [7, 11) is 0. The van der Waals surface area contributed by atoms with Crippen LogP contribution in [-0.4, -0.2) is 37.2 Å². The van der Waals surface area contributed by atoms with Crippen LogP contribution in [0.15, 0.2) is 58.8 Å². The zero-order chi connectivity index (χ0) is 23.2. The van der Waals surface area contributed by atoms with Crippen molar-refractivity contribution in [2.24, 2.45) is 5.10 Å². The number of benzene rings is 2. The maximum atomic E-state index is 12.5. The summed E-state index contributed by atoms with van der Waals surface area (Å²) >= 11 is 7.41. The molecule has 1 aromatic heterocycles. The number of aromatic nitrogens is 3. The first-order valence-corrected chi connectivity index (χ1v) is 12.3. The van der Waals surface area contributed by atoms with E-state index in [4.69, 9.17) is 11.6 Å². The van der Waals surface area contributed by atoms with Gasteiger partial charge in [0.2, 0.25) is 0 Å². The third-order valence-corrected chi connectivity index (χ3v) is 6.88. The van der Waals surface area contributed by atoms with Crippen LogP contribution >= 0.6 is 23.4 Å². The number of halogens is 1. The molecule has 4 rings (SSSR count). The first kappa shape index (κ1) is 23.3. The summed E-state index contributed by atoms with van der Waals surface area (Å²) in [6.07, 6.45) is 5.74. The number of aromatic hydroxyl groups is 1. The molecule has 1 aliphatic carbocycles. The molecular formula is C24H26ClN5O2S. The summed E-state index contributed by atoms with van der Waals surface area (Å²) in [5.74, 6) is 0.830. The normalized spacial score (nSPS) is 14.9. The molecule has 1 amide bonds. The second-order valence-electron chi connectivity index (χ2n) is 8.01. The van der Waals surface area contributed by atoms with Crippen LogP contribution in [-0.2, 0) is 4.79 Å². The molecule has 1 aliphatic rings. The highest BCUT2D eigenvalue weighted by atomic mass is 35.5. The Hall–Kier alpha value is -2.84. The number of phenols is 1. The number of amides is 1. The smallest absolute Gasteiger partial charge is 0.250 e. The molecular weight excluding hydrogens is 458 g/mol. The third kappa shape index (κ3) is 5.75. The molecule has 3 aromatic rings. The number of phenolic OH excluding ortho intramolecular Hbond substituents is 1. The molecule has 0 saturated heterocycles. The van der Waals surface area contributed by atoms with Gasteiger partial charge in [-0.3, -0.25) is 9.36 Å². The number of nitrogens with zero attached hydrogens (tertiary/aromatic N) is 4. The molecule has 2 N–H and O–H groups in total. The average molecular weight is 484 g/mol. The van der Waals surface area contributed by atoms with E-state index in [0.29, 0.717) is 22.3 Å². The minimum absolute atomic E-state index is 0.123. The minimum atomic E-state index is -0.249. The zero-order valence-corrected chi connectivity index (χ0v) is 19.9. The van der Waals surface area contributed by atoms with Crippen LogP contribution in [0.3, 0.4) is 0 Å². The fourth-order valence-electron chi connectivity index (χ4n) is 3.99. The van der Waals surface area contributed by atoms with Crippen LogP contribution in [0.5, 0.6) is 5.75 Å². The molecule has 1 heterocycles. The number of para-hydroxylation sites is 1. The van der Waals surface area contributed by atoms with Gasteiger partial charge in [-0.15, -0.1) is 10.2 Å². The first-order chi connectivity index (χ1) is 16.0. The summed E-state index contributed by atoms with van der Waals surface area (Å²) in [5.41, 5.74) is 4.63. The van der Waals surface area contributed by atoms with Crippen LogP contribution in [0.2, 0.25) is 5.02 Å². The van der Waals surface area contributed by atoms with Gasteiger partial charge in [0, 0.05) is 22.2 Å². The molecule has 2 aromatic carbocycles. The Bertz CT molecular complexity index is 1140. The van der Waals surface area contributed by atoms with Gasteiger partial charge in [-0.25, -0.2) is 5.43 Å². The number of rotatable bonds is 7. The molecule has 1 saturated carbocycles. The molecule has 0 atom stereocenters. The Labute approximate surface area is 202 Å². The SMILES string of the molecule is C/C(=N/NC(=O)CSc1nnc(-c2ccc(Cl)cc2)n1C1CCCCC1)c1ccccc1O. The van der Waals surface area contributed by atoms with Gasteiger partial charge >= 0.3 is 0 Å². The van der Waals surface area contributed by atoms with Gasteiger partial charge in [-0.2, -0.15) is 5.10 Å². The van der Waals surface area contributed by atoms with E-state index in [1.807, 2.05) is 30.3 Å². The van der Waals surface area contributed by atoms with E-state index in [2.05, 4.69) is 25.3 Å². The van der Waals surface area contributed by atoms with Crippen LogP contribution in [0.25, 0.3) is 11.4 Å². The Balaban J connectivity index is 1.48. The topological polar surface area (TPSA) is 92.4 Å². The Morgan fingerprint density at radius 3 is 2.61 bits per heavy atom. The second-order valence-corrected chi connectivity index (χ2v) is 9.39. The molecule has 0 spiro atoms. The van der Waals surface area contributed by atoms with Gasteiger partial charge in [-0.05, 0) is 56.2 Å². The van der Waals surface area contributed by atoms with E-state index in [1.165, 1.54) is 31.0 Å². The lowest BCUT2D eigenvalue weighted by molar-refractivity contribution is -0.118. The number of hydrazone groups is 1. The predicted octanol–water partition coefficient (Wildman–Crippen LogP) is 5.44. The van der Waals surface area contributed by atoms with E-state index in [9.17, 15) is 9.90 Å². The predicted molar refractivity (Wildman–Crippen MR) is 132 cm³/mol. The van der Waals surface area contributed by atoms with Crippen molar-refractivity contribution in [3.05, 3.63) is 59.1 Å². The van der Waals surface area contributed by atoms with Crippen LogP contribution in [0.4, 0.5) is 0 Å². The molecule has 9 heteroatoms. The summed E-state index contributed by atoms with van der Waals surface area (Å²) in [6.45, 7) is 1.74. The van der Waals surface area contributed by atoms with E-state index >= 15 is 0 Å². The van der Waals surface area contributed by atoms with Crippen molar-refractivity contribution in [3.63, 3.8) is 0 Å². The molecule has 0 unspecified atom stereocenters.